The number of hydrogen-bond acceptors (Lipinski definition) is 3. The van der Waals surface area contributed by atoms with Crippen molar-refractivity contribution in [3.8, 4) is 0 Å². The highest BCUT2D eigenvalue weighted by molar-refractivity contribution is 7.91. The van der Waals surface area contributed by atoms with Crippen LogP contribution in [0.25, 0.3) is 0 Å². The lowest BCUT2D eigenvalue weighted by atomic mass is 10.1. The number of unbranched alkanes of at least 4 members (excludes halogenated alkanes) is 5. The highest BCUT2D eigenvalue weighted by Gasteiger charge is 2.07. The molecule has 0 aromatic rings. The molecule has 0 spiro atoms. The lowest BCUT2D eigenvalue weighted by molar-refractivity contribution is 0.571. The Bertz CT molecular complexity index is 250. The van der Waals surface area contributed by atoms with Crippen molar-refractivity contribution in [1.82, 2.24) is 5.32 Å². The maximum absolute atomic E-state index is 11.4. The molecule has 0 saturated heterocycles. The maximum Gasteiger partial charge on any atom is 0.151 e. The predicted molar refractivity (Wildman–Crippen MR) is 75.2 cm³/mol. The van der Waals surface area contributed by atoms with E-state index in [-0.39, 0.29) is 5.75 Å². The minimum Gasteiger partial charge on any atom is -0.316 e. The maximum atomic E-state index is 11.4. The third kappa shape index (κ3) is 12.2. The first-order valence-corrected chi connectivity index (χ1v) is 8.85. The Balaban J connectivity index is 3.24. The van der Waals surface area contributed by atoms with Gasteiger partial charge in [0.2, 0.25) is 0 Å². The second-order valence-electron chi connectivity index (χ2n) is 4.67. The van der Waals surface area contributed by atoms with Crippen molar-refractivity contribution in [2.24, 2.45) is 0 Å². The Hall–Kier alpha value is -0.0900. The molecule has 0 aromatic heterocycles. The van der Waals surface area contributed by atoms with Gasteiger partial charge in [-0.3, -0.25) is 0 Å². The highest BCUT2D eigenvalue weighted by Crippen LogP contribution is 2.03. The van der Waals surface area contributed by atoms with Crippen molar-refractivity contribution in [2.45, 2.75) is 58.8 Å². The van der Waals surface area contributed by atoms with Crippen molar-refractivity contribution < 1.29 is 8.42 Å². The van der Waals surface area contributed by atoms with Crippen LogP contribution in [0.15, 0.2) is 0 Å². The molecule has 1 N–H and O–H groups in total. The summed E-state index contributed by atoms with van der Waals surface area (Å²) in [5.74, 6) is 0.613. The van der Waals surface area contributed by atoms with Gasteiger partial charge in [-0.25, -0.2) is 8.42 Å². The summed E-state index contributed by atoms with van der Waals surface area (Å²) < 4.78 is 22.8. The van der Waals surface area contributed by atoms with Gasteiger partial charge < -0.3 is 5.32 Å². The van der Waals surface area contributed by atoms with Crippen LogP contribution in [0, 0.1) is 0 Å². The summed E-state index contributed by atoms with van der Waals surface area (Å²) in [6, 6.07) is 0. The summed E-state index contributed by atoms with van der Waals surface area (Å²) in [4.78, 5) is 0. The monoisotopic (exact) mass is 263 g/mol. The molecule has 0 amide bonds. The molecule has 0 radical (unpaired) electrons. The van der Waals surface area contributed by atoms with Crippen LogP contribution in [-0.4, -0.2) is 33.0 Å². The van der Waals surface area contributed by atoms with E-state index in [1.54, 1.807) is 0 Å². The average Bonchev–Trinajstić information content (AvgIpc) is 2.27. The number of sulfone groups is 1. The first kappa shape index (κ1) is 16.9. The molecule has 0 fully saturated rings. The van der Waals surface area contributed by atoms with Crippen molar-refractivity contribution in [1.29, 1.82) is 0 Å². The van der Waals surface area contributed by atoms with Crippen LogP contribution in [0.3, 0.4) is 0 Å². The Morgan fingerprint density at radius 2 is 1.41 bits per heavy atom. The third-order valence-corrected chi connectivity index (χ3v) is 4.67. The van der Waals surface area contributed by atoms with Gasteiger partial charge in [-0.1, -0.05) is 46.0 Å². The van der Waals surface area contributed by atoms with E-state index in [9.17, 15) is 8.42 Å². The molecule has 0 aliphatic rings. The molecule has 0 aromatic carbocycles. The lowest BCUT2D eigenvalue weighted by Gasteiger charge is -2.05. The second-order valence-corrected chi connectivity index (χ2v) is 6.97. The molecule has 0 bridgehead atoms. The fraction of sp³-hybridized carbons (Fsp3) is 1.00. The molecular formula is C13H29NO2S. The summed E-state index contributed by atoms with van der Waals surface area (Å²) in [7, 11) is -2.80. The quantitative estimate of drug-likeness (QED) is 0.551. The van der Waals surface area contributed by atoms with E-state index in [2.05, 4.69) is 12.2 Å². The average molecular weight is 263 g/mol. The van der Waals surface area contributed by atoms with E-state index in [0.29, 0.717) is 12.3 Å². The van der Waals surface area contributed by atoms with Crippen LogP contribution < -0.4 is 5.32 Å². The summed E-state index contributed by atoms with van der Waals surface area (Å²) in [5, 5.41) is 3.21. The molecule has 0 aliphatic carbocycles. The minimum atomic E-state index is -2.80. The molecule has 0 rings (SSSR count). The minimum absolute atomic E-state index is 0.288. The van der Waals surface area contributed by atoms with Gasteiger partial charge in [-0.05, 0) is 19.4 Å². The Morgan fingerprint density at radius 3 is 2.06 bits per heavy atom. The van der Waals surface area contributed by atoms with Gasteiger partial charge in [0.25, 0.3) is 0 Å². The fourth-order valence-corrected chi connectivity index (χ4v) is 3.08. The fourth-order valence-electron chi connectivity index (χ4n) is 1.80. The van der Waals surface area contributed by atoms with Gasteiger partial charge in [-0.15, -0.1) is 0 Å². The third-order valence-electron chi connectivity index (χ3n) is 2.81. The summed E-state index contributed by atoms with van der Waals surface area (Å²) >= 11 is 0. The molecule has 104 valence electrons. The van der Waals surface area contributed by atoms with Crippen molar-refractivity contribution in [3.05, 3.63) is 0 Å². The van der Waals surface area contributed by atoms with Gasteiger partial charge >= 0.3 is 0 Å². The van der Waals surface area contributed by atoms with Crippen molar-refractivity contribution >= 4 is 9.84 Å². The first-order valence-electron chi connectivity index (χ1n) is 7.03. The molecule has 0 heterocycles. The molecule has 0 aliphatic heterocycles. The Morgan fingerprint density at radius 1 is 0.765 bits per heavy atom. The van der Waals surface area contributed by atoms with E-state index in [4.69, 9.17) is 0 Å². The van der Waals surface area contributed by atoms with E-state index in [0.717, 1.165) is 19.4 Å². The molecule has 0 saturated carbocycles. The van der Waals surface area contributed by atoms with E-state index in [1.807, 2.05) is 6.92 Å². The molecule has 17 heavy (non-hydrogen) atoms. The van der Waals surface area contributed by atoms with Crippen LogP contribution in [0.4, 0.5) is 0 Å². The largest absolute Gasteiger partial charge is 0.316 e. The van der Waals surface area contributed by atoms with Crippen molar-refractivity contribution in [3.63, 3.8) is 0 Å². The van der Waals surface area contributed by atoms with E-state index in [1.165, 1.54) is 32.1 Å². The Labute approximate surface area is 107 Å². The summed E-state index contributed by atoms with van der Waals surface area (Å²) in [5.41, 5.74) is 0. The molecular weight excluding hydrogens is 234 g/mol. The second kappa shape index (κ2) is 11.0. The number of hydrogen-bond donors (Lipinski definition) is 1. The Kier molecular flexibility index (Phi) is 11.0. The predicted octanol–water partition coefficient (Wildman–Crippen LogP) is 2.76. The number of nitrogens with one attached hydrogen (secondary N) is 1. The molecule has 3 nitrogen and oxygen atoms in total. The first-order chi connectivity index (χ1) is 8.12. The zero-order valence-corrected chi connectivity index (χ0v) is 12.3. The van der Waals surface area contributed by atoms with Gasteiger partial charge in [0.15, 0.2) is 9.84 Å². The van der Waals surface area contributed by atoms with Crippen LogP contribution in [0.1, 0.15) is 58.8 Å². The SMILES string of the molecule is CCCCCCCCNCCS(=O)(=O)CCC. The van der Waals surface area contributed by atoms with Crippen LogP contribution in [0.5, 0.6) is 0 Å². The molecule has 0 atom stereocenters. The van der Waals surface area contributed by atoms with E-state index >= 15 is 0 Å². The zero-order chi connectivity index (χ0) is 13.0. The lowest BCUT2D eigenvalue weighted by Crippen LogP contribution is -2.25. The van der Waals surface area contributed by atoms with Crippen LogP contribution in [0.2, 0.25) is 0 Å². The zero-order valence-electron chi connectivity index (χ0n) is 11.5. The van der Waals surface area contributed by atoms with Crippen molar-refractivity contribution in [2.75, 3.05) is 24.6 Å². The number of rotatable bonds is 12. The summed E-state index contributed by atoms with van der Waals surface area (Å²) in [6.07, 6.45) is 8.41. The van der Waals surface area contributed by atoms with Gasteiger partial charge in [-0.2, -0.15) is 0 Å². The topological polar surface area (TPSA) is 46.2 Å². The highest BCUT2D eigenvalue weighted by atomic mass is 32.2. The smallest absolute Gasteiger partial charge is 0.151 e. The standard InChI is InChI=1S/C13H29NO2S/c1-3-5-6-7-8-9-10-14-11-13-17(15,16)12-4-2/h14H,3-13H2,1-2H3. The molecule has 0 unspecified atom stereocenters. The van der Waals surface area contributed by atoms with Crippen LogP contribution >= 0.6 is 0 Å². The van der Waals surface area contributed by atoms with Gasteiger partial charge in [0.05, 0.1) is 5.75 Å². The van der Waals surface area contributed by atoms with Gasteiger partial charge in [0, 0.05) is 12.3 Å². The van der Waals surface area contributed by atoms with Gasteiger partial charge in [0.1, 0.15) is 0 Å². The van der Waals surface area contributed by atoms with Crippen LogP contribution in [-0.2, 0) is 9.84 Å². The van der Waals surface area contributed by atoms with E-state index < -0.39 is 9.84 Å². The normalized spacial score (nSPS) is 11.9. The summed E-state index contributed by atoms with van der Waals surface area (Å²) in [6.45, 7) is 5.69. The molecule has 4 heteroatoms.